The number of piperidine rings is 1. The monoisotopic (exact) mass is 299 g/mol. The zero-order valence-corrected chi connectivity index (χ0v) is 12.8. The van der Waals surface area contributed by atoms with Crippen molar-refractivity contribution in [3.05, 3.63) is 24.1 Å². The zero-order chi connectivity index (χ0) is 15.2. The maximum absolute atomic E-state index is 12.5. The molecule has 0 radical (unpaired) electrons. The van der Waals surface area contributed by atoms with Gasteiger partial charge in [0.1, 0.15) is 5.52 Å². The Morgan fingerprint density at radius 1 is 1.41 bits per heavy atom. The molecular weight excluding hydrogens is 278 g/mol. The molecule has 116 valence electrons. The van der Waals surface area contributed by atoms with Crippen LogP contribution in [-0.2, 0) is 4.79 Å². The van der Waals surface area contributed by atoms with Gasteiger partial charge in [0.25, 0.3) is 0 Å². The fourth-order valence-electron chi connectivity index (χ4n) is 3.05. The predicted molar refractivity (Wildman–Crippen MR) is 84.9 cm³/mol. The number of carbonyl (C=O) groups excluding carboxylic acids is 1. The number of hydrogen-bond donors (Lipinski definition) is 2. The molecule has 1 saturated heterocycles. The number of nitrogens with zero attached hydrogens (tertiary/aromatic N) is 1. The first-order valence-electron chi connectivity index (χ1n) is 8.11. The maximum atomic E-state index is 12.5. The quantitative estimate of drug-likeness (QED) is 0.913. The Balaban J connectivity index is 1.54. The van der Waals surface area contributed by atoms with Crippen LogP contribution >= 0.6 is 0 Å². The van der Waals surface area contributed by atoms with Gasteiger partial charge in [0, 0.05) is 11.6 Å². The molecule has 22 heavy (non-hydrogen) atoms. The first-order valence-corrected chi connectivity index (χ1v) is 8.11. The van der Waals surface area contributed by atoms with Gasteiger partial charge < -0.3 is 15.1 Å². The van der Waals surface area contributed by atoms with Gasteiger partial charge in [-0.3, -0.25) is 4.79 Å². The third-order valence-electron chi connectivity index (χ3n) is 4.71. The second-order valence-electron chi connectivity index (χ2n) is 6.68. The molecule has 1 atom stereocenters. The Morgan fingerprint density at radius 3 is 3.00 bits per heavy atom. The van der Waals surface area contributed by atoms with Gasteiger partial charge in [-0.05, 0) is 63.8 Å². The van der Waals surface area contributed by atoms with Crippen LogP contribution in [0, 0.1) is 0 Å². The predicted octanol–water partition coefficient (Wildman–Crippen LogP) is 3.18. The van der Waals surface area contributed by atoms with Crippen molar-refractivity contribution in [2.75, 3.05) is 11.9 Å². The molecule has 2 aliphatic rings. The summed E-state index contributed by atoms with van der Waals surface area (Å²) in [7, 11) is 0. The van der Waals surface area contributed by atoms with Crippen LogP contribution in [-0.4, -0.2) is 23.0 Å². The first-order chi connectivity index (χ1) is 10.6. The lowest BCUT2D eigenvalue weighted by Gasteiger charge is -2.33. The van der Waals surface area contributed by atoms with E-state index in [-0.39, 0.29) is 5.91 Å². The lowest BCUT2D eigenvalue weighted by molar-refractivity contribution is -0.122. The van der Waals surface area contributed by atoms with E-state index >= 15 is 0 Å². The fraction of sp³-hybridized carbons (Fsp3) is 0.529. The lowest BCUT2D eigenvalue weighted by atomic mass is 9.90. The van der Waals surface area contributed by atoms with Gasteiger partial charge in [0.05, 0.1) is 5.54 Å². The Hall–Kier alpha value is -1.88. The van der Waals surface area contributed by atoms with Crippen LogP contribution in [0.3, 0.4) is 0 Å². The molecule has 0 bridgehead atoms. The molecule has 1 saturated carbocycles. The van der Waals surface area contributed by atoms with Gasteiger partial charge in [-0.15, -0.1) is 0 Å². The molecule has 2 fully saturated rings. The van der Waals surface area contributed by atoms with Crippen LogP contribution in [0.15, 0.2) is 22.6 Å². The third kappa shape index (κ3) is 2.50. The first kappa shape index (κ1) is 13.8. The second kappa shape index (κ2) is 5.09. The standard InChI is InChI=1S/C17H21N3O2/c1-17(8-2-3-9-18-17)16(21)19-12-6-7-14-13(10-12)20-15(22-14)11-4-5-11/h6-7,10-11,18H,2-5,8-9H2,1H3,(H,19,21). The largest absolute Gasteiger partial charge is 0.440 e. The highest BCUT2D eigenvalue weighted by Crippen LogP contribution is 2.40. The number of anilines is 1. The highest BCUT2D eigenvalue weighted by atomic mass is 16.3. The Labute approximate surface area is 129 Å². The summed E-state index contributed by atoms with van der Waals surface area (Å²) in [4.78, 5) is 17.1. The summed E-state index contributed by atoms with van der Waals surface area (Å²) in [6.07, 6.45) is 5.43. The van der Waals surface area contributed by atoms with Crippen molar-refractivity contribution in [1.82, 2.24) is 10.3 Å². The van der Waals surface area contributed by atoms with Gasteiger partial charge in [-0.25, -0.2) is 4.98 Å². The molecule has 4 rings (SSSR count). The molecule has 5 heteroatoms. The van der Waals surface area contributed by atoms with Crippen molar-refractivity contribution < 1.29 is 9.21 Å². The number of hydrogen-bond acceptors (Lipinski definition) is 4. The van der Waals surface area contributed by atoms with E-state index in [1.165, 1.54) is 12.8 Å². The minimum absolute atomic E-state index is 0.0254. The van der Waals surface area contributed by atoms with Gasteiger partial charge in [-0.2, -0.15) is 0 Å². The highest BCUT2D eigenvalue weighted by molar-refractivity contribution is 5.99. The highest BCUT2D eigenvalue weighted by Gasteiger charge is 2.34. The second-order valence-corrected chi connectivity index (χ2v) is 6.68. The van der Waals surface area contributed by atoms with E-state index < -0.39 is 5.54 Å². The normalized spacial score (nSPS) is 25.3. The van der Waals surface area contributed by atoms with E-state index in [0.717, 1.165) is 48.5 Å². The fourth-order valence-corrected chi connectivity index (χ4v) is 3.05. The summed E-state index contributed by atoms with van der Waals surface area (Å²) in [5.74, 6) is 1.35. The molecule has 5 nitrogen and oxygen atoms in total. The average molecular weight is 299 g/mol. The van der Waals surface area contributed by atoms with Crippen LogP contribution < -0.4 is 10.6 Å². The number of oxazole rings is 1. The van der Waals surface area contributed by atoms with Crippen molar-refractivity contribution in [2.45, 2.75) is 50.5 Å². The SMILES string of the molecule is CC1(C(=O)Nc2ccc3oc(C4CC4)nc3c2)CCCCN1. The van der Waals surface area contributed by atoms with Crippen LogP contribution in [0.5, 0.6) is 0 Å². The molecule has 1 unspecified atom stereocenters. The Bertz CT molecular complexity index is 712. The summed E-state index contributed by atoms with van der Waals surface area (Å²) >= 11 is 0. The van der Waals surface area contributed by atoms with Gasteiger partial charge >= 0.3 is 0 Å². The Morgan fingerprint density at radius 2 is 2.27 bits per heavy atom. The number of amides is 1. The molecule has 1 aromatic carbocycles. The molecule has 1 aliphatic heterocycles. The van der Waals surface area contributed by atoms with Crippen molar-refractivity contribution in [3.63, 3.8) is 0 Å². The van der Waals surface area contributed by atoms with Crippen molar-refractivity contribution in [3.8, 4) is 0 Å². The number of fused-ring (bicyclic) bond motifs is 1. The molecule has 2 heterocycles. The number of rotatable bonds is 3. The third-order valence-corrected chi connectivity index (χ3v) is 4.71. The van der Waals surface area contributed by atoms with E-state index in [0.29, 0.717) is 5.92 Å². The summed E-state index contributed by atoms with van der Waals surface area (Å²) in [5, 5.41) is 6.35. The molecule has 1 aromatic heterocycles. The molecular formula is C17H21N3O2. The molecule has 0 spiro atoms. The molecule has 2 N–H and O–H groups in total. The van der Waals surface area contributed by atoms with Crippen molar-refractivity contribution in [2.24, 2.45) is 0 Å². The summed E-state index contributed by atoms with van der Waals surface area (Å²) < 4.78 is 5.75. The number of benzene rings is 1. The van der Waals surface area contributed by atoms with E-state index in [2.05, 4.69) is 15.6 Å². The lowest BCUT2D eigenvalue weighted by Crippen LogP contribution is -2.54. The van der Waals surface area contributed by atoms with E-state index in [4.69, 9.17) is 4.42 Å². The van der Waals surface area contributed by atoms with E-state index in [1.54, 1.807) is 0 Å². The average Bonchev–Trinajstić information content (AvgIpc) is 3.28. The van der Waals surface area contributed by atoms with Crippen LogP contribution in [0.2, 0.25) is 0 Å². The van der Waals surface area contributed by atoms with Crippen LogP contribution in [0.25, 0.3) is 11.1 Å². The summed E-state index contributed by atoms with van der Waals surface area (Å²) in [6.45, 7) is 2.87. The number of aromatic nitrogens is 1. The van der Waals surface area contributed by atoms with Crippen LogP contribution in [0.4, 0.5) is 5.69 Å². The number of nitrogens with one attached hydrogen (secondary N) is 2. The van der Waals surface area contributed by atoms with Gasteiger partial charge in [0.2, 0.25) is 5.91 Å². The topological polar surface area (TPSA) is 67.2 Å². The van der Waals surface area contributed by atoms with Gasteiger partial charge in [-0.1, -0.05) is 0 Å². The minimum atomic E-state index is -0.476. The van der Waals surface area contributed by atoms with E-state index in [1.807, 2.05) is 25.1 Å². The smallest absolute Gasteiger partial charge is 0.244 e. The minimum Gasteiger partial charge on any atom is -0.440 e. The van der Waals surface area contributed by atoms with E-state index in [9.17, 15) is 4.79 Å². The molecule has 2 aromatic rings. The van der Waals surface area contributed by atoms with Crippen molar-refractivity contribution in [1.29, 1.82) is 0 Å². The Kier molecular flexibility index (Phi) is 3.18. The number of carbonyl (C=O) groups is 1. The maximum Gasteiger partial charge on any atom is 0.244 e. The zero-order valence-electron chi connectivity index (χ0n) is 12.8. The van der Waals surface area contributed by atoms with Gasteiger partial charge in [0.15, 0.2) is 11.5 Å². The summed E-state index contributed by atoms with van der Waals surface area (Å²) in [6, 6.07) is 5.67. The summed E-state index contributed by atoms with van der Waals surface area (Å²) in [5.41, 5.74) is 1.92. The molecule has 1 aliphatic carbocycles. The van der Waals surface area contributed by atoms with Crippen LogP contribution in [0.1, 0.15) is 50.8 Å². The molecule has 1 amide bonds. The van der Waals surface area contributed by atoms with Crippen molar-refractivity contribution >= 4 is 22.7 Å².